The summed E-state index contributed by atoms with van der Waals surface area (Å²) in [5.74, 6) is 0.371. The van der Waals surface area contributed by atoms with E-state index in [0.29, 0.717) is 98.8 Å². The van der Waals surface area contributed by atoms with Gasteiger partial charge < -0.3 is 62.8 Å². The van der Waals surface area contributed by atoms with Gasteiger partial charge in [0.2, 0.25) is 5.88 Å². The average Bonchev–Trinajstić information content (AvgIpc) is 0.771. The molecule has 1 aliphatic carbocycles. The monoisotopic (exact) mass is 1330 g/mol. The third kappa shape index (κ3) is 15.6. The third-order valence-corrected chi connectivity index (χ3v) is 20.3. The van der Waals surface area contributed by atoms with Crippen molar-refractivity contribution in [2.24, 2.45) is 4.99 Å². The first-order chi connectivity index (χ1) is 43.2. The Kier molecular flexibility index (Phi) is 24.1. The van der Waals surface area contributed by atoms with E-state index in [1.165, 1.54) is 25.0 Å². The largest absolute Gasteiger partial charge is 1.00 e. The summed E-state index contributed by atoms with van der Waals surface area (Å²) in [4.78, 5) is 58.8. The number of benzene rings is 6. The molecule has 0 saturated heterocycles. The summed E-state index contributed by atoms with van der Waals surface area (Å²) in [6.07, 6.45) is 12.0. The van der Waals surface area contributed by atoms with Crippen molar-refractivity contribution in [2.45, 2.75) is 51.8 Å². The summed E-state index contributed by atoms with van der Waals surface area (Å²) in [5, 5.41) is 21.0. The van der Waals surface area contributed by atoms with Gasteiger partial charge in [-0.1, -0.05) is 91.0 Å². The highest BCUT2D eigenvalue weighted by Crippen LogP contribution is 2.56. The van der Waals surface area contributed by atoms with Crippen LogP contribution in [-0.4, -0.2) is 111 Å². The molecule has 0 amide bonds. The van der Waals surface area contributed by atoms with Crippen LogP contribution in [0.1, 0.15) is 48.8 Å². The molecular formula is C71H76IN6O10P. The fraction of sp³-hybridized carbons (Fsp3) is 0.296. The topological polar surface area (TPSA) is 187 Å². The molecule has 0 bridgehead atoms. The molecule has 0 spiro atoms. The number of pyridine rings is 4. The maximum absolute atomic E-state index is 14.9. The van der Waals surface area contributed by atoms with Crippen LogP contribution >= 0.6 is 7.26 Å². The van der Waals surface area contributed by atoms with Gasteiger partial charge in [0.25, 0.3) is 16.7 Å². The normalized spacial score (nSPS) is 12.0. The maximum Gasteiger partial charge on any atom is 0.263 e. The fourth-order valence-electron chi connectivity index (χ4n) is 11.4. The van der Waals surface area contributed by atoms with Gasteiger partial charge in [-0.15, -0.1) is 0 Å². The minimum absolute atomic E-state index is 0. The molecule has 10 rings (SSSR count). The van der Waals surface area contributed by atoms with Gasteiger partial charge in [-0.3, -0.25) is 38.5 Å². The Morgan fingerprint density at radius 1 is 0.562 bits per heavy atom. The minimum Gasteiger partial charge on any atom is -1.00 e. The molecular weight excluding hydrogens is 1250 g/mol. The molecule has 0 saturated carbocycles. The van der Waals surface area contributed by atoms with Crippen LogP contribution in [0.15, 0.2) is 183 Å². The minimum atomic E-state index is -2.04. The smallest absolute Gasteiger partial charge is 0.263 e. The van der Waals surface area contributed by atoms with Crippen molar-refractivity contribution in [3.63, 3.8) is 0 Å². The van der Waals surface area contributed by atoms with E-state index in [1.54, 1.807) is 39.7 Å². The van der Waals surface area contributed by atoms with Gasteiger partial charge in [-0.2, -0.15) is 0 Å². The summed E-state index contributed by atoms with van der Waals surface area (Å²) in [6.45, 7) is 4.37. The summed E-state index contributed by atoms with van der Waals surface area (Å²) >= 11 is 0. The van der Waals surface area contributed by atoms with E-state index in [4.69, 9.17) is 33.4 Å². The predicted molar refractivity (Wildman–Crippen MR) is 353 cm³/mol. The van der Waals surface area contributed by atoms with E-state index < -0.39 is 23.9 Å². The maximum atomic E-state index is 14.9. The number of unbranched alkanes of at least 4 members (excludes halogenated alkanes) is 2. The number of ether oxygens (including phenoxy) is 6. The number of methoxy groups -OCH3 is 3. The van der Waals surface area contributed by atoms with Crippen molar-refractivity contribution in [2.75, 3.05) is 92.1 Å². The number of halogens is 1. The lowest BCUT2D eigenvalue weighted by atomic mass is 9.89. The van der Waals surface area contributed by atoms with Crippen LogP contribution < -0.4 is 72.0 Å². The van der Waals surface area contributed by atoms with Crippen LogP contribution in [0.5, 0.6) is 11.6 Å². The van der Waals surface area contributed by atoms with Gasteiger partial charge >= 0.3 is 0 Å². The van der Waals surface area contributed by atoms with E-state index in [-0.39, 0.29) is 72.4 Å². The van der Waals surface area contributed by atoms with Crippen molar-refractivity contribution in [3.8, 4) is 34.1 Å². The SMILES string of the molecule is COCCCn1c(O)c2cc(NCCOc3ccc(/C=C/c4ccc(-c5ccc(COCCOCCOC)cn5)nc4)cc3)c3c4c2c(c(=NCCCCC[P+](c2ccccc2)(c2ccccc2)c2ccccc2)cc-4c(=O)n(CCCOC)c3=O)c1=O.[I-]. The van der Waals surface area contributed by atoms with Crippen LogP contribution in [0.3, 0.4) is 0 Å². The van der Waals surface area contributed by atoms with Gasteiger partial charge in [0, 0.05) is 95.1 Å². The average molecular weight is 1330 g/mol. The molecule has 0 unspecified atom stereocenters. The highest BCUT2D eigenvalue weighted by molar-refractivity contribution is 7.95. The predicted octanol–water partition coefficient (Wildman–Crippen LogP) is 6.80. The Balaban J connectivity index is 0.00000941. The van der Waals surface area contributed by atoms with Crippen molar-refractivity contribution >= 4 is 62.6 Å². The quantitative estimate of drug-likeness (QED) is 0.0190. The summed E-state index contributed by atoms with van der Waals surface area (Å²) in [5.41, 5.74) is 3.86. The Morgan fingerprint density at radius 3 is 1.76 bits per heavy atom. The Bertz CT molecular complexity index is 3990. The molecule has 2 N–H and O–H groups in total. The molecule has 18 heteroatoms. The summed E-state index contributed by atoms with van der Waals surface area (Å²) in [6, 6.07) is 51.5. The van der Waals surface area contributed by atoms with Crippen LogP contribution in [-0.2, 0) is 43.4 Å². The lowest BCUT2D eigenvalue weighted by Crippen LogP contribution is -3.00. The zero-order valence-corrected chi connectivity index (χ0v) is 53.7. The molecule has 16 nitrogen and oxygen atoms in total. The first kappa shape index (κ1) is 65.7. The van der Waals surface area contributed by atoms with Gasteiger partial charge in [0.1, 0.15) is 35.5 Å². The number of nitrogens with one attached hydrogen (secondary N) is 1. The highest BCUT2D eigenvalue weighted by Gasteiger charge is 2.44. The molecule has 0 atom stereocenters. The number of aromatic hydroxyl groups is 1. The molecule has 5 aromatic carbocycles. The number of hydrogen-bond donors (Lipinski definition) is 2. The lowest BCUT2D eigenvalue weighted by Gasteiger charge is -2.27. The van der Waals surface area contributed by atoms with E-state index in [9.17, 15) is 19.5 Å². The zero-order valence-electron chi connectivity index (χ0n) is 50.7. The first-order valence-corrected chi connectivity index (χ1v) is 32.0. The third-order valence-electron chi connectivity index (χ3n) is 15.7. The lowest BCUT2D eigenvalue weighted by molar-refractivity contribution is -0.0000205. The Labute approximate surface area is 536 Å². The fourth-order valence-corrected chi connectivity index (χ4v) is 15.8. The molecule has 4 heterocycles. The molecule has 462 valence electrons. The second kappa shape index (κ2) is 32.7. The van der Waals surface area contributed by atoms with E-state index in [2.05, 4.69) is 106 Å². The number of hydrogen-bond acceptors (Lipinski definition) is 14. The van der Waals surface area contributed by atoms with Crippen molar-refractivity contribution in [3.05, 3.63) is 217 Å². The molecule has 1 aliphatic heterocycles. The van der Waals surface area contributed by atoms with E-state index in [1.807, 2.05) is 66.9 Å². The van der Waals surface area contributed by atoms with Crippen molar-refractivity contribution in [1.82, 2.24) is 19.1 Å². The molecule has 2 aliphatic rings. The van der Waals surface area contributed by atoms with Crippen LogP contribution in [0.4, 0.5) is 5.69 Å². The Hall–Kier alpha value is -7.74. The number of rotatable bonds is 33. The number of anilines is 1. The molecule has 89 heavy (non-hydrogen) atoms. The molecule has 0 radical (unpaired) electrons. The zero-order chi connectivity index (χ0) is 61.1. The van der Waals surface area contributed by atoms with Gasteiger partial charge in [-0.25, -0.2) is 0 Å². The Morgan fingerprint density at radius 2 is 1.15 bits per heavy atom. The van der Waals surface area contributed by atoms with Gasteiger partial charge in [-0.05, 0) is 122 Å². The number of nitrogens with zero attached hydrogens (tertiary/aromatic N) is 5. The molecule has 0 fully saturated rings. The summed E-state index contributed by atoms with van der Waals surface area (Å²) in [7, 11) is 2.78. The second-order valence-corrected chi connectivity index (χ2v) is 25.1. The van der Waals surface area contributed by atoms with Crippen molar-refractivity contribution in [1.29, 1.82) is 0 Å². The van der Waals surface area contributed by atoms with Crippen molar-refractivity contribution < 1.29 is 57.5 Å². The first-order valence-electron chi connectivity index (χ1n) is 30.1. The van der Waals surface area contributed by atoms with Gasteiger partial charge in [0.05, 0.1) is 72.3 Å². The van der Waals surface area contributed by atoms with E-state index in [0.717, 1.165) is 53.5 Å². The molecule has 3 aromatic heterocycles. The van der Waals surface area contributed by atoms with Gasteiger partial charge in [0.15, 0.2) is 0 Å². The van der Waals surface area contributed by atoms with Crippen LogP contribution in [0.2, 0.25) is 0 Å². The van der Waals surface area contributed by atoms with Crippen LogP contribution in [0, 0.1) is 0 Å². The summed E-state index contributed by atoms with van der Waals surface area (Å²) < 4.78 is 35.6. The van der Waals surface area contributed by atoms with Crippen LogP contribution in [0.25, 0.3) is 56.2 Å². The second-order valence-electron chi connectivity index (χ2n) is 21.5. The highest BCUT2D eigenvalue weighted by atomic mass is 127. The molecule has 8 aromatic rings. The number of aromatic nitrogens is 4. The van der Waals surface area contributed by atoms with E-state index >= 15 is 0 Å². The standard InChI is InChI=1S/C71H75N6O10P.HI/c1-82-38-16-36-76-69(79)59-47-63(73-35-40-87-54-30-26-51(27-31-54)24-25-52-28-32-60(74-48-52)61-33-29-53(49-75-61)50-86-44-43-85-42-41-84-3)67-65-58(68(78)77(71(67)81)37-17-39-83-2)46-62(66(64(59)65)70(76)80)72-34-14-7-15-45-88(55-18-8-4-9-19-55,56-20-10-5-11-21-56)57-22-12-6-13-23-57;/h4-6,8-13,18-33,46-49H,7,14-17,34-45,50H2,1-3H3,(H-,72,73,74,75,78,79,80,81);1H/b25-24+;.